The number of benzene rings is 1. The number of thiazole rings is 1. The van der Waals surface area contributed by atoms with Crippen molar-refractivity contribution in [3.8, 4) is 11.8 Å². The number of nitrogens with one attached hydrogen (secondary N) is 1. The van der Waals surface area contributed by atoms with E-state index in [9.17, 15) is 4.79 Å². The van der Waals surface area contributed by atoms with Crippen molar-refractivity contribution < 1.29 is 4.79 Å². The quantitative estimate of drug-likeness (QED) is 0.397. The number of amides is 1. The number of aryl methyl sites for hydroxylation is 1. The van der Waals surface area contributed by atoms with E-state index in [-0.39, 0.29) is 17.4 Å². The molecule has 0 unspecified atom stereocenters. The number of rotatable bonds is 3. The summed E-state index contributed by atoms with van der Waals surface area (Å²) in [5.74, 6) is 6.55. The molecular formula is C27H30N8OS. The first-order chi connectivity index (χ1) is 17.6. The number of nitrogens with two attached hydrogens (primary N) is 1. The fourth-order valence-electron chi connectivity index (χ4n) is 4.32. The Bertz CT molecular complexity index is 1550. The van der Waals surface area contributed by atoms with E-state index < -0.39 is 0 Å². The molecule has 1 fully saturated rings. The Hall–Kier alpha value is -3.81. The first-order valence-corrected chi connectivity index (χ1v) is 13.1. The molecule has 3 N–H and O–H groups in total. The first kappa shape index (κ1) is 24.9. The van der Waals surface area contributed by atoms with E-state index >= 15 is 0 Å². The highest BCUT2D eigenvalue weighted by Crippen LogP contribution is 2.28. The number of nitrogen functional groups attached to an aromatic ring is 1. The number of fused-ring (bicyclic) bond motifs is 1. The smallest absolute Gasteiger partial charge is 0.284 e. The molecule has 0 radical (unpaired) electrons. The van der Waals surface area contributed by atoms with Crippen LogP contribution in [-0.4, -0.2) is 55.7 Å². The molecule has 0 bridgehead atoms. The van der Waals surface area contributed by atoms with Crippen molar-refractivity contribution in [2.24, 2.45) is 0 Å². The van der Waals surface area contributed by atoms with E-state index in [4.69, 9.17) is 10.8 Å². The summed E-state index contributed by atoms with van der Waals surface area (Å²) in [5.41, 5.74) is 10.7. The number of anilines is 2. The molecule has 1 amide bonds. The number of hydrogen-bond donors (Lipinski definition) is 2. The summed E-state index contributed by atoms with van der Waals surface area (Å²) < 4.78 is 1.93. The predicted molar refractivity (Wildman–Crippen MR) is 147 cm³/mol. The van der Waals surface area contributed by atoms with Crippen LogP contribution in [0.25, 0.3) is 11.0 Å². The van der Waals surface area contributed by atoms with Gasteiger partial charge in [-0.2, -0.15) is 5.10 Å². The lowest BCUT2D eigenvalue weighted by atomic mass is 9.93. The molecule has 190 valence electrons. The van der Waals surface area contributed by atoms with Crippen LogP contribution in [0.15, 0.2) is 29.9 Å². The third kappa shape index (κ3) is 5.05. The number of aromatic nitrogens is 5. The van der Waals surface area contributed by atoms with Crippen LogP contribution >= 0.6 is 11.3 Å². The van der Waals surface area contributed by atoms with Crippen LogP contribution in [0.3, 0.4) is 0 Å². The standard InChI is InChI=1S/C27H30N8OS/c1-16-6-8-18(31-25(36)26-32-21(14-37-26)27(2,3)4)12-17(16)7-9-20-22-23(28)29-15-30-24(22)35(33-20)19-10-11-34(5)13-19/h6,8,12,14-15,19H,10-11,13H2,1-5H3,(H,31,36)(H2,28,29,30)/t19-/m1/s1. The molecule has 1 aliphatic rings. The fraction of sp³-hybridized carbons (Fsp3) is 0.370. The van der Waals surface area contributed by atoms with E-state index in [0.29, 0.717) is 33.2 Å². The Morgan fingerprint density at radius 1 is 1.24 bits per heavy atom. The fourth-order valence-corrected chi connectivity index (χ4v) is 5.26. The lowest BCUT2D eigenvalue weighted by Crippen LogP contribution is -2.17. The van der Waals surface area contributed by atoms with Gasteiger partial charge >= 0.3 is 0 Å². The van der Waals surface area contributed by atoms with Crippen molar-refractivity contribution in [1.82, 2.24) is 29.6 Å². The third-order valence-corrected chi connectivity index (χ3v) is 7.35. The number of carbonyl (C=O) groups is 1. The van der Waals surface area contributed by atoms with E-state index in [1.54, 1.807) is 0 Å². The maximum Gasteiger partial charge on any atom is 0.284 e. The van der Waals surface area contributed by atoms with Gasteiger partial charge in [0.1, 0.15) is 17.8 Å². The highest BCUT2D eigenvalue weighted by Gasteiger charge is 2.26. The van der Waals surface area contributed by atoms with Crippen LogP contribution in [0.1, 0.15) is 65.6 Å². The van der Waals surface area contributed by atoms with Crippen molar-refractivity contribution >= 4 is 39.8 Å². The zero-order valence-electron chi connectivity index (χ0n) is 21.7. The number of likely N-dealkylation sites (N-methyl/N-ethyl adjacent to an activating group) is 1. The Balaban J connectivity index is 1.44. The van der Waals surface area contributed by atoms with E-state index in [0.717, 1.165) is 36.3 Å². The molecule has 0 aliphatic carbocycles. The Morgan fingerprint density at radius 2 is 2.05 bits per heavy atom. The van der Waals surface area contributed by atoms with Crippen molar-refractivity contribution in [2.45, 2.75) is 45.6 Å². The Morgan fingerprint density at radius 3 is 2.76 bits per heavy atom. The van der Waals surface area contributed by atoms with Gasteiger partial charge in [-0.15, -0.1) is 11.3 Å². The van der Waals surface area contributed by atoms with Gasteiger partial charge in [-0.05, 0) is 44.0 Å². The molecule has 10 heteroatoms. The zero-order valence-corrected chi connectivity index (χ0v) is 22.5. The number of likely N-dealkylation sites (tertiary alicyclic amines) is 1. The number of carbonyl (C=O) groups excluding carboxylic acids is 1. The third-order valence-electron chi connectivity index (χ3n) is 6.51. The zero-order chi connectivity index (χ0) is 26.3. The molecule has 0 saturated carbocycles. The molecule has 1 aromatic carbocycles. The minimum atomic E-state index is -0.237. The average Bonchev–Trinajstić information content (AvgIpc) is 3.58. The molecule has 3 aromatic heterocycles. The van der Waals surface area contributed by atoms with Crippen molar-refractivity contribution in [1.29, 1.82) is 0 Å². The summed E-state index contributed by atoms with van der Waals surface area (Å²) in [5, 5.41) is 10.8. The number of nitrogens with zero attached hydrogens (tertiary/aromatic N) is 6. The van der Waals surface area contributed by atoms with Crippen LogP contribution in [0.2, 0.25) is 0 Å². The van der Waals surface area contributed by atoms with Crippen LogP contribution in [0, 0.1) is 18.8 Å². The molecule has 37 heavy (non-hydrogen) atoms. The predicted octanol–water partition coefficient (Wildman–Crippen LogP) is 4.00. The van der Waals surface area contributed by atoms with Gasteiger partial charge in [0.25, 0.3) is 5.91 Å². The second kappa shape index (κ2) is 9.57. The Kier molecular flexibility index (Phi) is 6.43. The van der Waals surface area contributed by atoms with E-state index in [1.165, 1.54) is 17.7 Å². The number of hydrogen-bond acceptors (Lipinski definition) is 8. The summed E-state index contributed by atoms with van der Waals surface area (Å²) >= 11 is 1.35. The van der Waals surface area contributed by atoms with E-state index in [1.807, 2.05) is 35.2 Å². The SMILES string of the molecule is Cc1ccc(NC(=O)c2nc(C(C)(C)C)cs2)cc1C#Cc1nn([C@@H]2CCN(C)C2)c2ncnc(N)c12. The van der Waals surface area contributed by atoms with Crippen molar-refractivity contribution in [2.75, 3.05) is 31.2 Å². The molecule has 0 spiro atoms. The molecule has 1 aliphatic heterocycles. The van der Waals surface area contributed by atoms with Gasteiger partial charge in [0, 0.05) is 35.1 Å². The van der Waals surface area contributed by atoms with Gasteiger partial charge in [-0.3, -0.25) is 4.79 Å². The monoisotopic (exact) mass is 514 g/mol. The maximum atomic E-state index is 12.8. The van der Waals surface area contributed by atoms with Crippen LogP contribution in [0.5, 0.6) is 0 Å². The second-order valence-corrected chi connectivity index (χ2v) is 11.3. The highest BCUT2D eigenvalue weighted by molar-refractivity contribution is 7.11. The van der Waals surface area contributed by atoms with Gasteiger partial charge in [-0.25, -0.2) is 19.6 Å². The molecule has 4 heterocycles. The maximum absolute atomic E-state index is 12.8. The first-order valence-electron chi connectivity index (χ1n) is 12.2. The van der Waals surface area contributed by atoms with Gasteiger partial charge in [0.2, 0.25) is 0 Å². The van der Waals surface area contributed by atoms with Gasteiger partial charge in [-0.1, -0.05) is 32.8 Å². The molecular weight excluding hydrogens is 484 g/mol. The minimum absolute atomic E-state index is 0.110. The average molecular weight is 515 g/mol. The summed E-state index contributed by atoms with van der Waals surface area (Å²) in [4.78, 5) is 28.2. The summed E-state index contributed by atoms with van der Waals surface area (Å²) in [6, 6.07) is 5.87. The summed E-state index contributed by atoms with van der Waals surface area (Å²) in [7, 11) is 2.10. The minimum Gasteiger partial charge on any atom is -0.383 e. The molecule has 1 saturated heterocycles. The molecule has 5 rings (SSSR count). The molecule has 9 nitrogen and oxygen atoms in total. The van der Waals surface area contributed by atoms with E-state index in [2.05, 4.69) is 64.8 Å². The Labute approximate surface area is 220 Å². The van der Waals surface area contributed by atoms with Gasteiger partial charge < -0.3 is 16.0 Å². The summed E-state index contributed by atoms with van der Waals surface area (Å²) in [6.07, 6.45) is 2.45. The van der Waals surface area contributed by atoms with Crippen molar-refractivity contribution in [3.63, 3.8) is 0 Å². The normalized spacial score (nSPS) is 16.1. The van der Waals surface area contributed by atoms with Crippen LogP contribution in [0.4, 0.5) is 11.5 Å². The van der Waals surface area contributed by atoms with Gasteiger partial charge in [0.05, 0.1) is 17.1 Å². The lowest BCUT2D eigenvalue weighted by molar-refractivity contribution is 0.102. The molecule has 4 aromatic rings. The second-order valence-electron chi connectivity index (χ2n) is 10.5. The lowest BCUT2D eigenvalue weighted by Gasteiger charge is -2.14. The van der Waals surface area contributed by atoms with Crippen molar-refractivity contribution in [3.05, 3.63) is 57.4 Å². The topological polar surface area (TPSA) is 115 Å². The highest BCUT2D eigenvalue weighted by atomic mass is 32.1. The largest absolute Gasteiger partial charge is 0.383 e. The summed E-state index contributed by atoms with van der Waals surface area (Å²) in [6.45, 7) is 10.1. The van der Waals surface area contributed by atoms with Gasteiger partial charge in [0.15, 0.2) is 10.7 Å². The molecule has 1 atom stereocenters. The van der Waals surface area contributed by atoms with Crippen LogP contribution in [-0.2, 0) is 5.41 Å². The van der Waals surface area contributed by atoms with Crippen LogP contribution < -0.4 is 11.1 Å².